The molecule has 0 unspecified atom stereocenters. The van der Waals surface area contributed by atoms with Crippen molar-refractivity contribution in [1.82, 2.24) is 29.7 Å². The predicted octanol–water partition coefficient (Wildman–Crippen LogP) is 0.0859. The first-order valence-electron chi connectivity index (χ1n) is 6.22. The molecule has 0 aliphatic heterocycles. The van der Waals surface area contributed by atoms with E-state index < -0.39 is 0 Å². The highest BCUT2D eigenvalue weighted by atomic mass is 16.5. The molecule has 20 heavy (non-hydrogen) atoms. The number of ether oxygens (including phenoxy) is 2. The van der Waals surface area contributed by atoms with Crippen LogP contribution in [0.15, 0.2) is 12.7 Å². The molecule has 0 bridgehead atoms. The van der Waals surface area contributed by atoms with E-state index in [1.807, 2.05) is 0 Å². The summed E-state index contributed by atoms with van der Waals surface area (Å²) in [6.45, 7) is 5.65. The number of anilines is 1. The van der Waals surface area contributed by atoms with Gasteiger partial charge in [0.2, 0.25) is 5.95 Å². The van der Waals surface area contributed by atoms with Crippen LogP contribution >= 0.6 is 0 Å². The monoisotopic (exact) mass is 279 g/mol. The molecule has 2 heterocycles. The summed E-state index contributed by atoms with van der Waals surface area (Å²) in [7, 11) is 0. The van der Waals surface area contributed by atoms with E-state index in [-0.39, 0.29) is 17.9 Å². The van der Waals surface area contributed by atoms with Gasteiger partial charge in [0.1, 0.15) is 19.3 Å². The van der Waals surface area contributed by atoms with Gasteiger partial charge in [0.05, 0.1) is 6.61 Å². The Hall–Kier alpha value is -2.29. The van der Waals surface area contributed by atoms with Crippen molar-refractivity contribution in [3.05, 3.63) is 12.7 Å². The topological polar surface area (TPSA) is 114 Å². The van der Waals surface area contributed by atoms with Gasteiger partial charge >= 0.3 is 6.01 Å². The van der Waals surface area contributed by atoms with Crippen molar-refractivity contribution in [2.75, 3.05) is 25.6 Å². The molecule has 0 radical (unpaired) electrons. The first-order valence-corrected chi connectivity index (χ1v) is 6.22. The zero-order valence-electron chi connectivity index (χ0n) is 11.4. The van der Waals surface area contributed by atoms with Crippen LogP contribution in [-0.2, 0) is 4.74 Å². The lowest BCUT2D eigenvalue weighted by Gasteiger charge is -2.08. The van der Waals surface area contributed by atoms with Crippen LogP contribution in [0.25, 0.3) is 5.95 Å². The van der Waals surface area contributed by atoms with E-state index in [4.69, 9.17) is 15.2 Å². The number of hydrogen-bond donors (Lipinski definition) is 1. The van der Waals surface area contributed by atoms with Crippen LogP contribution in [0.1, 0.15) is 13.8 Å². The second-order valence-electron chi connectivity index (χ2n) is 4.43. The summed E-state index contributed by atoms with van der Waals surface area (Å²) in [6.07, 6.45) is 2.84. The highest BCUT2D eigenvalue weighted by Crippen LogP contribution is 2.07. The molecule has 0 fully saturated rings. The average Bonchev–Trinajstić information content (AvgIpc) is 2.91. The highest BCUT2D eigenvalue weighted by Gasteiger charge is 2.07. The van der Waals surface area contributed by atoms with Crippen molar-refractivity contribution >= 4 is 5.95 Å². The first-order chi connectivity index (χ1) is 9.65. The molecule has 9 heteroatoms. The van der Waals surface area contributed by atoms with Gasteiger partial charge in [-0.25, -0.2) is 4.98 Å². The minimum atomic E-state index is 0.0589. The lowest BCUT2D eigenvalue weighted by atomic mass is 10.2. The van der Waals surface area contributed by atoms with Gasteiger partial charge < -0.3 is 15.2 Å². The van der Waals surface area contributed by atoms with E-state index >= 15 is 0 Å². The molecule has 108 valence electrons. The molecule has 2 rings (SSSR count). The maximum absolute atomic E-state index is 5.60. The normalized spacial score (nSPS) is 10.9. The fourth-order valence-corrected chi connectivity index (χ4v) is 1.35. The molecule has 0 saturated carbocycles. The number of nitrogen functional groups attached to an aromatic ring is 1. The summed E-state index contributed by atoms with van der Waals surface area (Å²) in [5.74, 6) is 0.804. The Balaban J connectivity index is 1.92. The van der Waals surface area contributed by atoms with Crippen LogP contribution in [0.5, 0.6) is 6.01 Å². The third kappa shape index (κ3) is 4.12. The lowest BCUT2D eigenvalue weighted by Crippen LogP contribution is -2.13. The summed E-state index contributed by atoms with van der Waals surface area (Å²) >= 11 is 0. The number of nitrogens with zero attached hydrogens (tertiary/aromatic N) is 6. The summed E-state index contributed by atoms with van der Waals surface area (Å²) in [6, 6.07) is 0.135. The van der Waals surface area contributed by atoms with Gasteiger partial charge in [-0.05, 0) is 5.92 Å². The average molecular weight is 279 g/mol. The van der Waals surface area contributed by atoms with Gasteiger partial charge in [-0.1, -0.05) is 13.8 Å². The number of rotatable bonds is 7. The number of aromatic nitrogens is 6. The van der Waals surface area contributed by atoms with Crippen LogP contribution in [0.2, 0.25) is 0 Å². The van der Waals surface area contributed by atoms with Crippen LogP contribution in [0, 0.1) is 5.92 Å². The molecule has 0 aliphatic rings. The molecule has 0 aliphatic carbocycles. The van der Waals surface area contributed by atoms with E-state index in [0.717, 1.165) is 0 Å². The highest BCUT2D eigenvalue weighted by molar-refractivity contribution is 5.23. The van der Waals surface area contributed by atoms with Gasteiger partial charge in [-0.15, -0.1) is 0 Å². The molecule has 0 amide bonds. The Labute approximate surface area is 116 Å². The summed E-state index contributed by atoms with van der Waals surface area (Å²) < 4.78 is 12.1. The van der Waals surface area contributed by atoms with Gasteiger partial charge in [-0.2, -0.15) is 24.7 Å². The lowest BCUT2D eigenvalue weighted by molar-refractivity contribution is 0.0791. The Morgan fingerprint density at radius 1 is 1.25 bits per heavy atom. The van der Waals surface area contributed by atoms with Gasteiger partial charge in [0.25, 0.3) is 5.95 Å². The summed E-state index contributed by atoms with van der Waals surface area (Å²) in [5.41, 5.74) is 5.60. The molecule has 0 saturated heterocycles. The first kappa shape index (κ1) is 14.1. The molecule has 9 nitrogen and oxygen atoms in total. The van der Waals surface area contributed by atoms with E-state index in [9.17, 15) is 0 Å². The Morgan fingerprint density at radius 3 is 2.80 bits per heavy atom. The third-order valence-electron chi connectivity index (χ3n) is 2.15. The fraction of sp³-hybridized carbons (Fsp3) is 0.545. The van der Waals surface area contributed by atoms with E-state index in [2.05, 4.69) is 38.9 Å². The smallest absolute Gasteiger partial charge is 0.323 e. The number of nitrogens with two attached hydrogens (primary N) is 1. The SMILES string of the molecule is CC(C)COCCOc1nc(N)nc(-n2cncn2)n1. The van der Waals surface area contributed by atoms with Crippen LogP contribution in [0.3, 0.4) is 0 Å². The van der Waals surface area contributed by atoms with Crippen molar-refractivity contribution in [3.8, 4) is 12.0 Å². The molecular weight excluding hydrogens is 262 g/mol. The Bertz CT molecular complexity index is 530. The molecule has 0 atom stereocenters. The van der Waals surface area contributed by atoms with Gasteiger partial charge in [-0.3, -0.25) is 0 Å². The molecule has 2 aromatic rings. The van der Waals surface area contributed by atoms with Crippen molar-refractivity contribution < 1.29 is 9.47 Å². The van der Waals surface area contributed by atoms with Crippen LogP contribution in [-0.4, -0.2) is 49.5 Å². The second-order valence-corrected chi connectivity index (χ2v) is 4.43. The Morgan fingerprint density at radius 2 is 2.10 bits per heavy atom. The minimum Gasteiger partial charge on any atom is -0.461 e. The van der Waals surface area contributed by atoms with Gasteiger partial charge in [0, 0.05) is 6.61 Å². The molecule has 0 spiro atoms. The van der Waals surface area contributed by atoms with E-state index in [1.165, 1.54) is 17.3 Å². The second kappa shape index (κ2) is 6.75. The van der Waals surface area contributed by atoms with Crippen molar-refractivity contribution in [1.29, 1.82) is 0 Å². The predicted molar refractivity (Wildman–Crippen MR) is 70.3 cm³/mol. The Kier molecular flexibility index (Phi) is 4.77. The van der Waals surface area contributed by atoms with Crippen LogP contribution in [0.4, 0.5) is 5.95 Å². The third-order valence-corrected chi connectivity index (χ3v) is 2.15. The van der Waals surface area contributed by atoms with Crippen molar-refractivity contribution in [2.45, 2.75) is 13.8 Å². The maximum atomic E-state index is 5.60. The van der Waals surface area contributed by atoms with E-state index in [1.54, 1.807) is 0 Å². The molecule has 2 aromatic heterocycles. The molecule has 2 N–H and O–H groups in total. The zero-order valence-corrected chi connectivity index (χ0v) is 11.4. The van der Waals surface area contributed by atoms with Gasteiger partial charge in [0.15, 0.2) is 0 Å². The fourth-order valence-electron chi connectivity index (χ4n) is 1.35. The minimum absolute atomic E-state index is 0.0589. The summed E-state index contributed by atoms with van der Waals surface area (Å²) in [5, 5.41) is 3.91. The zero-order chi connectivity index (χ0) is 14.4. The van der Waals surface area contributed by atoms with Crippen LogP contribution < -0.4 is 10.5 Å². The maximum Gasteiger partial charge on any atom is 0.323 e. The molecular formula is C11H17N7O2. The van der Waals surface area contributed by atoms with Crippen molar-refractivity contribution in [2.24, 2.45) is 5.92 Å². The standard InChI is InChI=1S/C11H17N7O2/c1-8(2)5-19-3-4-20-11-16-9(12)15-10(17-11)18-7-13-6-14-18/h6-8H,3-5H2,1-2H3,(H2,12,15,16,17). The number of hydrogen-bond acceptors (Lipinski definition) is 8. The van der Waals surface area contributed by atoms with Crippen molar-refractivity contribution in [3.63, 3.8) is 0 Å². The largest absolute Gasteiger partial charge is 0.461 e. The molecule has 0 aromatic carbocycles. The summed E-state index contributed by atoms with van der Waals surface area (Å²) in [4.78, 5) is 15.7. The van der Waals surface area contributed by atoms with E-state index in [0.29, 0.717) is 25.7 Å². The quantitative estimate of drug-likeness (QED) is 0.709.